The van der Waals surface area contributed by atoms with Crippen LogP contribution in [0.4, 0.5) is 13.2 Å². The van der Waals surface area contributed by atoms with Crippen LogP contribution < -0.4 is 5.32 Å². The van der Waals surface area contributed by atoms with E-state index in [-0.39, 0.29) is 5.15 Å². The number of pyridine rings is 1. The Morgan fingerprint density at radius 3 is 2.89 bits per heavy atom. The molecule has 1 unspecified atom stereocenters. The van der Waals surface area contributed by atoms with Gasteiger partial charge >= 0.3 is 6.18 Å². The molecule has 0 aliphatic carbocycles. The number of fused-ring (bicyclic) bond motifs is 1. The fraction of sp³-hybridized carbons (Fsp3) is 0.353. The number of aromatic nitrogens is 2. The summed E-state index contributed by atoms with van der Waals surface area (Å²) in [4.78, 5) is 29.9. The molecule has 1 atom stereocenters. The lowest BCUT2D eigenvalue weighted by Gasteiger charge is -2.23. The van der Waals surface area contributed by atoms with E-state index in [4.69, 9.17) is 11.6 Å². The van der Waals surface area contributed by atoms with Crippen LogP contribution in [0.3, 0.4) is 0 Å². The minimum atomic E-state index is -4.50. The molecule has 1 N–H and O–H groups in total. The maximum atomic E-state index is 12.5. The molecule has 3 rings (SSSR count). The predicted molar refractivity (Wildman–Crippen MR) is 93.0 cm³/mol. The van der Waals surface area contributed by atoms with E-state index in [0.29, 0.717) is 30.7 Å². The Morgan fingerprint density at radius 1 is 1.37 bits per heavy atom. The second-order valence-electron chi connectivity index (χ2n) is 6.07. The molecular weight excluding hydrogens is 385 g/mol. The van der Waals surface area contributed by atoms with Gasteiger partial charge in [0, 0.05) is 18.8 Å². The van der Waals surface area contributed by atoms with E-state index < -0.39 is 30.6 Å². The second-order valence-corrected chi connectivity index (χ2v) is 6.43. The molecular formula is C17H16ClF3N4O2. The number of halogens is 4. The van der Waals surface area contributed by atoms with Gasteiger partial charge in [-0.2, -0.15) is 13.2 Å². The lowest BCUT2D eigenvalue weighted by atomic mass is 10.2. The minimum Gasteiger partial charge on any atom is -0.345 e. The van der Waals surface area contributed by atoms with Gasteiger partial charge in [-0.1, -0.05) is 17.7 Å². The number of rotatable bonds is 4. The van der Waals surface area contributed by atoms with Gasteiger partial charge in [0.05, 0.1) is 5.69 Å². The molecule has 0 spiro atoms. The molecule has 1 aliphatic heterocycles. The number of nitrogens with zero attached hydrogens (tertiary/aromatic N) is 3. The number of nitrogens with one attached hydrogen (secondary N) is 1. The molecule has 144 valence electrons. The van der Waals surface area contributed by atoms with Gasteiger partial charge in [-0.25, -0.2) is 4.98 Å². The summed E-state index contributed by atoms with van der Waals surface area (Å²) in [6, 6.07) is 4.42. The quantitative estimate of drug-likeness (QED) is 0.802. The summed E-state index contributed by atoms with van der Waals surface area (Å²) in [5, 5.41) is 2.05. The van der Waals surface area contributed by atoms with Gasteiger partial charge in [-0.3, -0.25) is 14.0 Å². The zero-order chi connectivity index (χ0) is 19.6. The molecule has 0 saturated carbocycles. The maximum absolute atomic E-state index is 12.5. The van der Waals surface area contributed by atoms with Crippen LogP contribution in [0.2, 0.25) is 5.15 Å². The fourth-order valence-corrected chi connectivity index (χ4v) is 3.23. The van der Waals surface area contributed by atoms with E-state index in [1.54, 1.807) is 28.8 Å². The molecule has 2 aromatic rings. The molecule has 6 nitrogen and oxygen atoms in total. The van der Waals surface area contributed by atoms with E-state index >= 15 is 0 Å². The molecule has 0 bridgehead atoms. The van der Waals surface area contributed by atoms with Crippen LogP contribution >= 0.6 is 11.6 Å². The average molecular weight is 401 g/mol. The van der Waals surface area contributed by atoms with Crippen LogP contribution in [0, 0.1) is 0 Å². The summed E-state index contributed by atoms with van der Waals surface area (Å²) < 4.78 is 38.5. The van der Waals surface area contributed by atoms with Gasteiger partial charge in [0.2, 0.25) is 11.8 Å². The molecule has 1 saturated heterocycles. The van der Waals surface area contributed by atoms with Crippen molar-refractivity contribution in [3.63, 3.8) is 0 Å². The fourth-order valence-electron chi connectivity index (χ4n) is 2.99. The summed E-state index contributed by atoms with van der Waals surface area (Å²) in [5.41, 5.74) is 1.11. The van der Waals surface area contributed by atoms with Crippen molar-refractivity contribution < 1.29 is 22.8 Å². The van der Waals surface area contributed by atoms with E-state index in [1.807, 2.05) is 5.32 Å². The summed E-state index contributed by atoms with van der Waals surface area (Å²) >= 11 is 6.10. The SMILES string of the molecule is O=C(NCC(F)(F)F)C1CCCN1C(=O)C=Cc1c(Cl)nc2ccccn12. The van der Waals surface area contributed by atoms with Crippen LogP contribution in [0.15, 0.2) is 30.5 Å². The second kappa shape index (κ2) is 7.59. The number of hydrogen-bond acceptors (Lipinski definition) is 3. The molecule has 0 radical (unpaired) electrons. The molecule has 0 aromatic carbocycles. The van der Waals surface area contributed by atoms with Crippen molar-refractivity contribution in [3.8, 4) is 0 Å². The Bertz CT molecular complexity index is 894. The Morgan fingerprint density at radius 2 is 2.15 bits per heavy atom. The maximum Gasteiger partial charge on any atom is 0.405 e. The van der Waals surface area contributed by atoms with E-state index in [2.05, 4.69) is 4.98 Å². The standard InChI is InChI=1S/C17H16ClF3N4O2/c18-15-11(24-8-2-1-5-13(24)23-15)6-7-14(26)25-9-3-4-12(25)16(27)22-10-17(19,20)21/h1-2,5-8,12H,3-4,9-10H2,(H,22,27). The largest absolute Gasteiger partial charge is 0.405 e. The first kappa shape index (κ1) is 19.2. The Kier molecular flexibility index (Phi) is 5.41. The smallest absolute Gasteiger partial charge is 0.345 e. The highest BCUT2D eigenvalue weighted by Crippen LogP contribution is 2.21. The number of hydrogen-bond donors (Lipinski definition) is 1. The van der Waals surface area contributed by atoms with Crippen LogP contribution in [-0.4, -0.2) is 51.4 Å². The minimum absolute atomic E-state index is 0.214. The van der Waals surface area contributed by atoms with Crippen molar-refractivity contribution in [2.45, 2.75) is 25.1 Å². The molecule has 1 aliphatic rings. The molecule has 1 fully saturated rings. The van der Waals surface area contributed by atoms with E-state index in [0.717, 1.165) is 0 Å². The summed E-state index contributed by atoms with van der Waals surface area (Å²) in [6.45, 7) is -1.12. The first-order valence-electron chi connectivity index (χ1n) is 8.22. The van der Waals surface area contributed by atoms with E-state index in [1.165, 1.54) is 17.1 Å². The van der Waals surface area contributed by atoms with Crippen LogP contribution in [-0.2, 0) is 9.59 Å². The lowest BCUT2D eigenvalue weighted by molar-refractivity contribution is -0.143. The topological polar surface area (TPSA) is 66.7 Å². The Hall–Kier alpha value is -2.55. The number of alkyl halides is 3. The van der Waals surface area contributed by atoms with Crippen LogP contribution in [0.25, 0.3) is 11.7 Å². The van der Waals surface area contributed by atoms with Crippen molar-refractivity contribution >= 4 is 35.1 Å². The molecule has 2 aromatic heterocycles. The van der Waals surface area contributed by atoms with Gasteiger partial charge < -0.3 is 10.2 Å². The Balaban J connectivity index is 1.72. The summed E-state index contributed by atoms with van der Waals surface area (Å²) in [6.07, 6.45) is 0.829. The van der Waals surface area contributed by atoms with Crippen molar-refractivity contribution in [1.82, 2.24) is 19.6 Å². The molecule has 3 heterocycles. The highest BCUT2D eigenvalue weighted by atomic mass is 35.5. The van der Waals surface area contributed by atoms with Crippen molar-refractivity contribution in [1.29, 1.82) is 0 Å². The summed E-state index contributed by atoms with van der Waals surface area (Å²) in [7, 11) is 0. The third-order valence-corrected chi connectivity index (χ3v) is 4.49. The number of carbonyl (C=O) groups excluding carboxylic acids is 2. The van der Waals surface area contributed by atoms with Gasteiger partial charge in [0.25, 0.3) is 0 Å². The molecule has 10 heteroatoms. The molecule has 27 heavy (non-hydrogen) atoms. The lowest BCUT2D eigenvalue weighted by Crippen LogP contribution is -2.47. The molecule has 2 amide bonds. The first-order chi connectivity index (χ1) is 12.8. The Labute approximate surface area is 157 Å². The van der Waals surface area contributed by atoms with Crippen molar-refractivity contribution in [2.24, 2.45) is 0 Å². The third-order valence-electron chi connectivity index (χ3n) is 4.21. The van der Waals surface area contributed by atoms with Gasteiger partial charge in [0.1, 0.15) is 18.2 Å². The first-order valence-corrected chi connectivity index (χ1v) is 8.60. The number of likely N-dealkylation sites (tertiary alicyclic amines) is 1. The van der Waals surface area contributed by atoms with Crippen molar-refractivity contribution in [2.75, 3.05) is 13.1 Å². The van der Waals surface area contributed by atoms with Crippen LogP contribution in [0.5, 0.6) is 0 Å². The zero-order valence-electron chi connectivity index (χ0n) is 14.0. The third kappa shape index (κ3) is 4.41. The van der Waals surface area contributed by atoms with Gasteiger partial charge in [0.15, 0.2) is 5.15 Å². The van der Waals surface area contributed by atoms with Crippen LogP contribution in [0.1, 0.15) is 18.5 Å². The predicted octanol–water partition coefficient (Wildman–Crippen LogP) is 2.67. The normalized spacial score (nSPS) is 17.8. The monoisotopic (exact) mass is 400 g/mol. The number of imidazole rings is 1. The number of carbonyl (C=O) groups is 2. The van der Waals surface area contributed by atoms with Gasteiger partial charge in [-0.05, 0) is 31.1 Å². The number of amides is 2. The van der Waals surface area contributed by atoms with E-state index in [9.17, 15) is 22.8 Å². The summed E-state index contributed by atoms with van der Waals surface area (Å²) in [5.74, 6) is -1.28. The highest BCUT2D eigenvalue weighted by molar-refractivity contribution is 6.31. The zero-order valence-corrected chi connectivity index (χ0v) is 14.8. The van der Waals surface area contributed by atoms with Gasteiger partial charge in [-0.15, -0.1) is 0 Å². The average Bonchev–Trinajstić information content (AvgIpc) is 3.21. The van der Waals surface area contributed by atoms with Crippen molar-refractivity contribution in [3.05, 3.63) is 41.3 Å². The highest BCUT2D eigenvalue weighted by Gasteiger charge is 2.35.